The largest absolute Gasteiger partial charge is 0.302 e. The number of H-pyrrole nitrogens is 2. The average molecular weight is 271 g/mol. The van der Waals surface area contributed by atoms with Crippen LogP contribution in [0, 0.1) is 0 Å². The van der Waals surface area contributed by atoms with E-state index in [2.05, 4.69) is 10.2 Å². The first-order valence-electron chi connectivity index (χ1n) is 5.34. The summed E-state index contributed by atoms with van der Waals surface area (Å²) in [7, 11) is 0. The van der Waals surface area contributed by atoms with Gasteiger partial charge in [0.25, 0.3) is 5.56 Å². The van der Waals surface area contributed by atoms with E-state index in [0.29, 0.717) is 22.0 Å². The number of aromatic nitrogens is 2. The fourth-order valence-electron chi connectivity index (χ4n) is 1.79. The zero-order valence-corrected chi connectivity index (χ0v) is 10.8. The molecule has 1 aromatic carbocycles. The van der Waals surface area contributed by atoms with Crippen LogP contribution in [0.15, 0.2) is 23.0 Å². The van der Waals surface area contributed by atoms with Crippen molar-refractivity contribution in [2.45, 2.75) is 19.8 Å². The van der Waals surface area contributed by atoms with Crippen molar-refractivity contribution < 1.29 is 0 Å². The number of nitrogens with one attached hydrogen (secondary N) is 2. The Morgan fingerprint density at radius 3 is 2.35 bits per heavy atom. The molecule has 0 amide bonds. The van der Waals surface area contributed by atoms with Gasteiger partial charge in [-0.05, 0) is 24.1 Å². The monoisotopic (exact) mass is 270 g/mol. The lowest BCUT2D eigenvalue weighted by Gasteiger charge is -2.06. The van der Waals surface area contributed by atoms with E-state index in [1.165, 1.54) is 0 Å². The molecular formula is C12H12Cl2N2O. The number of aryl methyl sites for hydroxylation is 1. The maximum Gasteiger partial charge on any atom is 0.267 e. The molecule has 2 N–H and O–H groups in total. The quantitative estimate of drug-likeness (QED) is 0.885. The predicted molar refractivity (Wildman–Crippen MR) is 70.1 cm³/mol. The Hall–Kier alpha value is -1.19. The highest BCUT2D eigenvalue weighted by atomic mass is 35.5. The zero-order chi connectivity index (χ0) is 12.4. The Labute approximate surface area is 109 Å². The lowest BCUT2D eigenvalue weighted by molar-refractivity contribution is 0.957. The molecule has 0 atom stereocenters. The minimum absolute atomic E-state index is 0.113. The third kappa shape index (κ3) is 2.40. The third-order valence-corrected chi connectivity index (χ3v) is 3.44. The third-order valence-electron chi connectivity index (χ3n) is 2.73. The molecule has 0 fully saturated rings. The van der Waals surface area contributed by atoms with Crippen molar-refractivity contribution in [1.29, 1.82) is 0 Å². The van der Waals surface area contributed by atoms with E-state index < -0.39 is 0 Å². The second-order valence-corrected chi connectivity index (χ2v) is 4.58. The molecule has 0 spiro atoms. The molecule has 3 nitrogen and oxygen atoms in total. The van der Waals surface area contributed by atoms with Crippen LogP contribution in [0.3, 0.4) is 0 Å². The highest BCUT2D eigenvalue weighted by Crippen LogP contribution is 2.26. The second-order valence-electron chi connectivity index (χ2n) is 3.77. The molecule has 17 heavy (non-hydrogen) atoms. The standard InChI is InChI=1S/C12H12Cl2N2O/c1-2-11-8(12(17)16-15-11)6-7-9(13)4-3-5-10(7)14/h3-5H,2,6H2,1H3,(H2,15,16,17). The van der Waals surface area contributed by atoms with Crippen molar-refractivity contribution in [3.8, 4) is 0 Å². The summed E-state index contributed by atoms with van der Waals surface area (Å²) < 4.78 is 0. The zero-order valence-electron chi connectivity index (χ0n) is 9.31. The molecule has 0 radical (unpaired) electrons. The maximum atomic E-state index is 11.7. The Bertz CT molecular complexity index is 566. The predicted octanol–water partition coefficient (Wildman–Crippen LogP) is 3.16. The highest BCUT2D eigenvalue weighted by molar-refractivity contribution is 6.36. The summed E-state index contributed by atoms with van der Waals surface area (Å²) in [5.41, 5.74) is 2.27. The van der Waals surface area contributed by atoms with Gasteiger partial charge in [0.15, 0.2) is 0 Å². The van der Waals surface area contributed by atoms with Gasteiger partial charge in [-0.15, -0.1) is 0 Å². The summed E-state index contributed by atoms with van der Waals surface area (Å²) >= 11 is 12.2. The Kier molecular flexibility index (Phi) is 3.60. The Morgan fingerprint density at radius 1 is 1.12 bits per heavy atom. The molecule has 0 aliphatic carbocycles. The summed E-state index contributed by atoms with van der Waals surface area (Å²) in [6.45, 7) is 1.98. The van der Waals surface area contributed by atoms with Crippen molar-refractivity contribution in [1.82, 2.24) is 10.2 Å². The van der Waals surface area contributed by atoms with Crippen LogP contribution in [0.2, 0.25) is 10.0 Å². The fourth-order valence-corrected chi connectivity index (χ4v) is 2.32. The van der Waals surface area contributed by atoms with Gasteiger partial charge in [0.2, 0.25) is 0 Å². The van der Waals surface area contributed by atoms with Crippen molar-refractivity contribution in [2.24, 2.45) is 0 Å². The van der Waals surface area contributed by atoms with E-state index >= 15 is 0 Å². The van der Waals surface area contributed by atoms with Gasteiger partial charge in [-0.3, -0.25) is 9.89 Å². The van der Waals surface area contributed by atoms with Gasteiger partial charge in [0, 0.05) is 27.7 Å². The number of aromatic amines is 2. The summed E-state index contributed by atoms with van der Waals surface area (Å²) in [5, 5.41) is 6.61. The molecule has 0 unspecified atom stereocenters. The van der Waals surface area contributed by atoms with E-state index in [9.17, 15) is 4.79 Å². The molecule has 2 rings (SSSR count). The van der Waals surface area contributed by atoms with Gasteiger partial charge < -0.3 is 5.10 Å². The smallest absolute Gasteiger partial charge is 0.267 e. The molecule has 90 valence electrons. The van der Waals surface area contributed by atoms with Crippen LogP contribution in [0.1, 0.15) is 23.7 Å². The van der Waals surface area contributed by atoms with Gasteiger partial charge in [0.1, 0.15) is 0 Å². The first kappa shape index (κ1) is 12.3. The Balaban J connectivity index is 2.44. The molecule has 1 aromatic heterocycles. The minimum Gasteiger partial charge on any atom is -0.302 e. The van der Waals surface area contributed by atoms with Gasteiger partial charge >= 0.3 is 0 Å². The topological polar surface area (TPSA) is 48.6 Å². The van der Waals surface area contributed by atoms with Gasteiger partial charge in [-0.1, -0.05) is 36.2 Å². The Morgan fingerprint density at radius 2 is 1.76 bits per heavy atom. The van der Waals surface area contributed by atoms with Gasteiger partial charge in [-0.2, -0.15) is 0 Å². The first-order chi connectivity index (χ1) is 8.13. The molecule has 1 heterocycles. The van der Waals surface area contributed by atoms with Gasteiger partial charge in [-0.25, -0.2) is 0 Å². The van der Waals surface area contributed by atoms with Crippen molar-refractivity contribution in [3.05, 3.63) is 55.4 Å². The van der Waals surface area contributed by atoms with Crippen molar-refractivity contribution in [3.63, 3.8) is 0 Å². The van der Waals surface area contributed by atoms with E-state index in [0.717, 1.165) is 17.7 Å². The number of hydrogen-bond acceptors (Lipinski definition) is 1. The van der Waals surface area contributed by atoms with Crippen LogP contribution in [-0.4, -0.2) is 10.2 Å². The normalized spacial score (nSPS) is 10.8. The average Bonchev–Trinajstić information content (AvgIpc) is 2.65. The lowest BCUT2D eigenvalue weighted by atomic mass is 10.0. The molecule has 0 bridgehead atoms. The fraction of sp³-hybridized carbons (Fsp3) is 0.250. The minimum atomic E-state index is -0.113. The van der Waals surface area contributed by atoms with E-state index in [1.807, 2.05) is 6.92 Å². The first-order valence-corrected chi connectivity index (χ1v) is 6.10. The maximum absolute atomic E-state index is 11.7. The molecule has 0 aliphatic rings. The number of hydrogen-bond donors (Lipinski definition) is 2. The van der Waals surface area contributed by atoms with Crippen LogP contribution in [-0.2, 0) is 12.8 Å². The van der Waals surface area contributed by atoms with Crippen molar-refractivity contribution in [2.75, 3.05) is 0 Å². The molecule has 2 aromatic rings. The summed E-state index contributed by atoms with van der Waals surface area (Å²) in [6, 6.07) is 5.33. The molecule has 0 saturated heterocycles. The SMILES string of the molecule is CCc1[nH][nH]c(=O)c1Cc1c(Cl)cccc1Cl. The highest BCUT2D eigenvalue weighted by Gasteiger charge is 2.13. The van der Waals surface area contributed by atoms with Crippen LogP contribution < -0.4 is 5.56 Å². The van der Waals surface area contributed by atoms with Crippen LogP contribution >= 0.6 is 23.2 Å². The lowest BCUT2D eigenvalue weighted by Crippen LogP contribution is -2.08. The summed E-state index contributed by atoms with van der Waals surface area (Å²) in [5.74, 6) is 0. The van der Waals surface area contributed by atoms with Crippen LogP contribution in [0.4, 0.5) is 0 Å². The van der Waals surface area contributed by atoms with Gasteiger partial charge in [0.05, 0.1) is 0 Å². The second kappa shape index (κ2) is 4.98. The molecule has 5 heteroatoms. The number of rotatable bonds is 3. The molecular weight excluding hydrogens is 259 g/mol. The van der Waals surface area contributed by atoms with Crippen LogP contribution in [0.25, 0.3) is 0 Å². The molecule has 0 aliphatic heterocycles. The number of benzene rings is 1. The van der Waals surface area contributed by atoms with E-state index in [1.54, 1.807) is 18.2 Å². The number of halogens is 2. The van der Waals surface area contributed by atoms with Crippen molar-refractivity contribution >= 4 is 23.2 Å². The molecule has 0 saturated carbocycles. The summed E-state index contributed by atoms with van der Waals surface area (Å²) in [4.78, 5) is 11.7. The van der Waals surface area contributed by atoms with E-state index in [4.69, 9.17) is 23.2 Å². The summed E-state index contributed by atoms with van der Waals surface area (Å²) in [6.07, 6.45) is 1.21. The van der Waals surface area contributed by atoms with Crippen LogP contribution in [0.5, 0.6) is 0 Å². The van der Waals surface area contributed by atoms with E-state index in [-0.39, 0.29) is 5.56 Å².